The zero-order valence-corrected chi connectivity index (χ0v) is 7.30. The number of aryl methyl sites for hydroxylation is 1. The number of benzene rings is 1. The van der Waals surface area contributed by atoms with Crippen LogP contribution in [0.1, 0.15) is 15.9 Å². The molecule has 12 heavy (non-hydrogen) atoms. The third-order valence-electron chi connectivity index (χ3n) is 1.58. The van der Waals surface area contributed by atoms with Gasteiger partial charge in [0, 0.05) is 4.90 Å². The van der Waals surface area contributed by atoms with Crippen LogP contribution in [0.15, 0.2) is 17.0 Å². The van der Waals surface area contributed by atoms with Crippen LogP contribution in [0.25, 0.3) is 0 Å². The van der Waals surface area contributed by atoms with Gasteiger partial charge in [0.25, 0.3) is 0 Å². The Labute approximate surface area is 75.1 Å². The lowest BCUT2D eigenvalue weighted by atomic mass is 10.1. The number of thiol groups is 1. The molecular weight excluding hydrogens is 176 g/mol. The number of hydrogen-bond acceptors (Lipinski definition) is 3. The summed E-state index contributed by atoms with van der Waals surface area (Å²) < 4.78 is 0. The highest BCUT2D eigenvalue weighted by atomic mass is 32.1. The maximum atomic E-state index is 10.6. The largest absolute Gasteiger partial charge is 0.506 e. The number of carboxylic acids is 1. The van der Waals surface area contributed by atoms with Crippen LogP contribution in [-0.2, 0) is 0 Å². The molecule has 64 valence electrons. The Morgan fingerprint density at radius 3 is 2.50 bits per heavy atom. The average Bonchev–Trinajstić information content (AvgIpc) is 1.97. The van der Waals surface area contributed by atoms with E-state index in [0.29, 0.717) is 5.56 Å². The van der Waals surface area contributed by atoms with Gasteiger partial charge in [0.1, 0.15) is 11.3 Å². The van der Waals surface area contributed by atoms with E-state index < -0.39 is 5.97 Å². The van der Waals surface area contributed by atoms with E-state index in [0.717, 1.165) is 0 Å². The Bertz CT molecular complexity index is 333. The molecule has 0 saturated heterocycles. The van der Waals surface area contributed by atoms with E-state index in [-0.39, 0.29) is 16.2 Å². The minimum atomic E-state index is -1.14. The summed E-state index contributed by atoms with van der Waals surface area (Å²) in [5, 5.41) is 18.0. The highest BCUT2D eigenvalue weighted by Gasteiger charge is 2.14. The zero-order chi connectivity index (χ0) is 9.30. The molecule has 3 nitrogen and oxygen atoms in total. The predicted molar refractivity (Wildman–Crippen MR) is 47.1 cm³/mol. The molecule has 0 fully saturated rings. The second kappa shape index (κ2) is 3.06. The first-order chi connectivity index (χ1) is 5.54. The van der Waals surface area contributed by atoms with Crippen LogP contribution in [0.4, 0.5) is 0 Å². The summed E-state index contributed by atoms with van der Waals surface area (Å²) in [5.74, 6) is -1.41. The van der Waals surface area contributed by atoms with Gasteiger partial charge in [0.15, 0.2) is 0 Å². The van der Waals surface area contributed by atoms with Crippen molar-refractivity contribution in [1.29, 1.82) is 0 Å². The fourth-order valence-corrected chi connectivity index (χ4v) is 1.14. The summed E-state index contributed by atoms with van der Waals surface area (Å²) in [6, 6.07) is 3.16. The zero-order valence-electron chi connectivity index (χ0n) is 6.40. The second-order valence-electron chi connectivity index (χ2n) is 2.43. The minimum absolute atomic E-state index is 0.0810. The minimum Gasteiger partial charge on any atom is -0.506 e. The van der Waals surface area contributed by atoms with Gasteiger partial charge in [-0.1, -0.05) is 6.07 Å². The molecule has 0 unspecified atom stereocenters. The van der Waals surface area contributed by atoms with Crippen molar-refractivity contribution < 1.29 is 15.0 Å². The summed E-state index contributed by atoms with van der Waals surface area (Å²) in [7, 11) is 0. The van der Waals surface area contributed by atoms with Gasteiger partial charge in [-0.25, -0.2) is 4.79 Å². The van der Waals surface area contributed by atoms with Gasteiger partial charge >= 0.3 is 5.97 Å². The summed E-state index contributed by atoms with van der Waals surface area (Å²) in [4.78, 5) is 10.9. The van der Waals surface area contributed by atoms with Crippen LogP contribution < -0.4 is 0 Å². The summed E-state index contributed by atoms with van der Waals surface area (Å²) >= 11 is 3.90. The molecule has 0 aliphatic heterocycles. The second-order valence-corrected chi connectivity index (χ2v) is 2.91. The lowest BCUT2D eigenvalue weighted by Crippen LogP contribution is -2.00. The first-order valence-electron chi connectivity index (χ1n) is 3.29. The van der Waals surface area contributed by atoms with Crippen molar-refractivity contribution in [1.82, 2.24) is 0 Å². The third-order valence-corrected chi connectivity index (χ3v) is 1.94. The molecule has 4 heteroatoms. The van der Waals surface area contributed by atoms with Gasteiger partial charge in [0.2, 0.25) is 0 Å². The Morgan fingerprint density at radius 1 is 1.50 bits per heavy atom. The molecule has 1 aromatic rings. The van der Waals surface area contributed by atoms with Gasteiger partial charge in [-0.05, 0) is 18.6 Å². The van der Waals surface area contributed by atoms with Crippen LogP contribution in [-0.4, -0.2) is 16.2 Å². The number of carbonyl (C=O) groups is 1. The number of aromatic carboxylic acids is 1. The van der Waals surface area contributed by atoms with Crippen molar-refractivity contribution in [2.24, 2.45) is 0 Å². The van der Waals surface area contributed by atoms with Crippen molar-refractivity contribution in [2.75, 3.05) is 0 Å². The molecule has 0 spiro atoms. The van der Waals surface area contributed by atoms with Gasteiger partial charge < -0.3 is 10.2 Å². The normalized spacial score (nSPS) is 9.83. The Balaban J connectivity index is 3.43. The molecule has 2 N–H and O–H groups in total. The number of hydrogen-bond donors (Lipinski definition) is 3. The van der Waals surface area contributed by atoms with Gasteiger partial charge in [-0.3, -0.25) is 0 Å². The van der Waals surface area contributed by atoms with Crippen molar-refractivity contribution in [3.05, 3.63) is 23.3 Å². The van der Waals surface area contributed by atoms with Crippen LogP contribution in [0.3, 0.4) is 0 Å². The maximum Gasteiger partial charge on any atom is 0.339 e. The predicted octanol–water partition coefficient (Wildman–Crippen LogP) is 1.69. The van der Waals surface area contributed by atoms with E-state index in [9.17, 15) is 9.90 Å². The third kappa shape index (κ3) is 1.38. The molecule has 0 saturated carbocycles. The summed E-state index contributed by atoms with van der Waals surface area (Å²) in [6.45, 7) is 1.62. The number of phenols is 1. The number of aromatic hydroxyl groups is 1. The molecule has 0 radical (unpaired) electrons. The topological polar surface area (TPSA) is 57.5 Å². The Kier molecular flexibility index (Phi) is 2.28. The van der Waals surface area contributed by atoms with E-state index in [1.807, 2.05) is 0 Å². The SMILES string of the molecule is Cc1ccc(S)c(O)c1C(=O)O. The fraction of sp³-hybridized carbons (Fsp3) is 0.125. The molecule has 1 aromatic carbocycles. The average molecular weight is 184 g/mol. The van der Waals surface area contributed by atoms with Crippen molar-refractivity contribution in [3.63, 3.8) is 0 Å². The molecule has 0 aromatic heterocycles. The molecule has 1 rings (SSSR count). The monoisotopic (exact) mass is 184 g/mol. The first-order valence-corrected chi connectivity index (χ1v) is 3.73. The molecule has 0 bridgehead atoms. The van der Waals surface area contributed by atoms with Crippen molar-refractivity contribution >= 4 is 18.6 Å². The number of rotatable bonds is 1. The van der Waals surface area contributed by atoms with Crippen molar-refractivity contribution in [2.45, 2.75) is 11.8 Å². The quantitative estimate of drug-likeness (QED) is 0.582. The highest BCUT2D eigenvalue weighted by molar-refractivity contribution is 7.80. The van der Waals surface area contributed by atoms with Crippen LogP contribution in [0.5, 0.6) is 5.75 Å². The van der Waals surface area contributed by atoms with Gasteiger partial charge in [-0.15, -0.1) is 12.6 Å². The molecular formula is C8H8O3S. The first kappa shape index (κ1) is 8.93. The van der Waals surface area contributed by atoms with E-state index in [4.69, 9.17) is 5.11 Å². The smallest absolute Gasteiger partial charge is 0.339 e. The molecule has 0 atom stereocenters. The van der Waals surface area contributed by atoms with Crippen LogP contribution >= 0.6 is 12.6 Å². The summed E-state index contributed by atoms with van der Waals surface area (Å²) in [5.41, 5.74) is 0.445. The van der Waals surface area contributed by atoms with Crippen molar-refractivity contribution in [3.8, 4) is 5.75 Å². The van der Waals surface area contributed by atoms with Crippen LogP contribution in [0.2, 0.25) is 0 Å². The molecule has 0 aliphatic rings. The van der Waals surface area contributed by atoms with E-state index >= 15 is 0 Å². The number of carboxylic acid groups (broad SMARTS) is 1. The molecule has 0 amide bonds. The standard InChI is InChI=1S/C8H8O3S/c1-4-2-3-5(12)7(9)6(4)8(10)11/h2-3,9,12H,1H3,(H,10,11). The Morgan fingerprint density at radius 2 is 2.08 bits per heavy atom. The van der Waals surface area contributed by atoms with E-state index in [1.54, 1.807) is 19.1 Å². The summed E-state index contributed by atoms with van der Waals surface area (Å²) in [6.07, 6.45) is 0. The van der Waals surface area contributed by atoms with E-state index in [1.165, 1.54) is 0 Å². The maximum absolute atomic E-state index is 10.6. The van der Waals surface area contributed by atoms with Crippen LogP contribution in [0, 0.1) is 6.92 Å². The van der Waals surface area contributed by atoms with Gasteiger partial charge in [0.05, 0.1) is 0 Å². The highest BCUT2D eigenvalue weighted by Crippen LogP contribution is 2.28. The van der Waals surface area contributed by atoms with E-state index in [2.05, 4.69) is 12.6 Å². The molecule has 0 aliphatic carbocycles. The fourth-order valence-electron chi connectivity index (χ4n) is 0.951. The van der Waals surface area contributed by atoms with Gasteiger partial charge in [-0.2, -0.15) is 0 Å². The Hall–Kier alpha value is -1.16. The lowest BCUT2D eigenvalue weighted by Gasteiger charge is -2.04. The molecule has 0 heterocycles. The lowest BCUT2D eigenvalue weighted by molar-refractivity contribution is 0.0692.